The second-order valence-corrected chi connectivity index (χ2v) is 5.98. The third-order valence-corrected chi connectivity index (χ3v) is 4.38. The first-order chi connectivity index (χ1) is 11.0. The first-order valence-electron chi connectivity index (χ1n) is 7.79. The quantitative estimate of drug-likeness (QED) is 0.885. The number of anilines is 2. The van der Waals surface area contributed by atoms with E-state index in [1.54, 1.807) is 6.07 Å². The van der Waals surface area contributed by atoms with E-state index in [-0.39, 0.29) is 11.6 Å². The molecule has 0 radical (unpaired) electrons. The molecule has 6 heteroatoms. The Morgan fingerprint density at radius 1 is 1.17 bits per heavy atom. The van der Waals surface area contributed by atoms with Crippen LogP contribution in [-0.2, 0) is 0 Å². The van der Waals surface area contributed by atoms with Crippen LogP contribution in [0, 0.1) is 19.7 Å². The Hall–Kier alpha value is -2.37. The Morgan fingerprint density at radius 3 is 2.39 bits per heavy atom. The number of halogens is 1. The van der Waals surface area contributed by atoms with Crippen LogP contribution in [0.25, 0.3) is 0 Å². The van der Waals surface area contributed by atoms with Gasteiger partial charge in [-0.25, -0.2) is 4.39 Å². The summed E-state index contributed by atoms with van der Waals surface area (Å²) in [5.74, 6) is -0.325. The van der Waals surface area contributed by atoms with Gasteiger partial charge in [0.05, 0.1) is 22.8 Å². The second-order valence-electron chi connectivity index (χ2n) is 5.98. The van der Waals surface area contributed by atoms with E-state index in [0.717, 1.165) is 30.2 Å². The van der Waals surface area contributed by atoms with Crippen molar-refractivity contribution < 1.29 is 9.18 Å². The summed E-state index contributed by atoms with van der Waals surface area (Å²) in [4.78, 5) is 15.8. The van der Waals surface area contributed by atoms with E-state index in [9.17, 15) is 9.18 Å². The maximum absolute atomic E-state index is 14.1. The number of rotatable bonds is 3. The van der Waals surface area contributed by atoms with Crippen LogP contribution in [0.3, 0.4) is 0 Å². The third-order valence-electron chi connectivity index (χ3n) is 4.38. The lowest BCUT2D eigenvalue weighted by molar-refractivity contribution is 0.101. The fourth-order valence-corrected chi connectivity index (χ4v) is 3.16. The fraction of sp³-hybridized carbons (Fsp3) is 0.412. The predicted molar refractivity (Wildman–Crippen MR) is 88.9 cm³/mol. The van der Waals surface area contributed by atoms with Gasteiger partial charge in [0, 0.05) is 31.7 Å². The average molecular weight is 316 g/mol. The summed E-state index contributed by atoms with van der Waals surface area (Å²) < 4.78 is 14.1. The molecule has 0 atom stereocenters. The molecular weight excluding hydrogens is 295 g/mol. The largest absolute Gasteiger partial charge is 0.366 e. The number of piperazine rings is 1. The molecule has 2 heterocycles. The number of nitrogens with zero attached hydrogens (tertiary/aromatic N) is 3. The standard InChI is InChI=1S/C17H21FN4O/c1-11-17(12(2)20-19-11)22-8-6-21(7-9-22)16-10-14(13(3)23)4-5-15(16)18/h4-5,10H,6-9H2,1-3H3,(H,19,20). The van der Waals surface area contributed by atoms with E-state index in [4.69, 9.17) is 0 Å². The number of Topliss-reactive ketones (excluding diaryl/α,β-unsaturated/α-hetero) is 1. The molecule has 0 unspecified atom stereocenters. The number of aromatic amines is 1. The van der Waals surface area contributed by atoms with Crippen LogP contribution in [-0.4, -0.2) is 42.2 Å². The molecule has 1 aromatic carbocycles. The van der Waals surface area contributed by atoms with Crippen molar-refractivity contribution in [2.24, 2.45) is 0 Å². The Bertz CT molecular complexity index is 713. The smallest absolute Gasteiger partial charge is 0.159 e. The maximum atomic E-state index is 14.1. The Morgan fingerprint density at radius 2 is 1.83 bits per heavy atom. The van der Waals surface area contributed by atoms with Crippen molar-refractivity contribution in [2.75, 3.05) is 36.0 Å². The van der Waals surface area contributed by atoms with Crippen molar-refractivity contribution in [3.63, 3.8) is 0 Å². The summed E-state index contributed by atoms with van der Waals surface area (Å²) in [6.07, 6.45) is 0. The van der Waals surface area contributed by atoms with Crippen molar-refractivity contribution in [1.29, 1.82) is 0 Å². The lowest BCUT2D eigenvalue weighted by atomic mass is 10.1. The number of aromatic nitrogens is 2. The molecule has 122 valence electrons. The van der Waals surface area contributed by atoms with Crippen LogP contribution >= 0.6 is 0 Å². The van der Waals surface area contributed by atoms with E-state index in [1.165, 1.54) is 19.1 Å². The average Bonchev–Trinajstić information content (AvgIpc) is 2.87. The van der Waals surface area contributed by atoms with Gasteiger partial charge in [-0.3, -0.25) is 9.89 Å². The van der Waals surface area contributed by atoms with Crippen molar-refractivity contribution >= 4 is 17.2 Å². The van der Waals surface area contributed by atoms with E-state index in [1.807, 2.05) is 18.7 Å². The molecule has 1 aliphatic rings. The van der Waals surface area contributed by atoms with Crippen LogP contribution in [0.5, 0.6) is 0 Å². The van der Waals surface area contributed by atoms with Gasteiger partial charge in [-0.05, 0) is 39.0 Å². The molecule has 1 N–H and O–H groups in total. The Balaban J connectivity index is 1.77. The van der Waals surface area contributed by atoms with E-state index >= 15 is 0 Å². The summed E-state index contributed by atoms with van der Waals surface area (Å²) in [6, 6.07) is 4.57. The zero-order valence-corrected chi connectivity index (χ0v) is 13.7. The van der Waals surface area contributed by atoms with Crippen molar-refractivity contribution in [3.8, 4) is 0 Å². The van der Waals surface area contributed by atoms with Gasteiger partial charge >= 0.3 is 0 Å². The molecule has 0 bridgehead atoms. The fourth-order valence-electron chi connectivity index (χ4n) is 3.16. The number of hydrogen-bond donors (Lipinski definition) is 1. The van der Waals surface area contributed by atoms with Gasteiger partial charge in [-0.2, -0.15) is 5.10 Å². The highest BCUT2D eigenvalue weighted by atomic mass is 19.1. The summed E-state index contributed by atoms with van der Waals surface area (Å²) >= 11 is 0. The van der Waals surface area contributed by atoms with Crippen molar-refractivity contribution in [3.05, 3.63) is 41.0 Å². The zero-order valence-electron chi connectivity index (χ0n) is 13.7. The lowest BCUT2D eigenvalue weighted by Gasteiger charge is -2.37. The number of ketones is 1. The van der Waals surface area contributed by atoms with Gasteiger partial charge < -0.3 is 9.80 Å². The number of aryl methyl sites for hydroxylation is 2. The molecule has 0 amide bonds. The minimum Gasteiger partial charge on any atom is -0.366 e. The first-order valence-corrected chi connectivity index (χ1v) is 7.79. The van der Waals surface area contributed by atoms with E-state index in [2.05, 4.69) is 15.1 Å². The normalized spacial score (nSPS) is 15.1. The highest BCUT2D eigenvalue weighted by molar-refractivity contribution is 5.95. The monoisotopic (exact) mass is 316 g/mol. The number of H-pyrrole nitrogens is 1. The minimum absolute atomic E-state index is 0.0467. The van der Waals surface area contributed by atoms with Crippen molar-refractivity contribution in [2.45, 2.75) is 20.8 Å². The molecule has 1 aromatic heterocycles. The maximum Gasteiger partial charge on any atom is 0.159 e. The highest BCUT2D eigenvalue weighted by Gasteiger charge is 2.23. The molecule has 1 aliphatic heterocycles. The lowest BCUT2D eigenvalue weighted by Crippen LogP contribution is -2.47. The van der Waals surface area contributed by atoms with Gasteiger partial charge in [0.2, 0.25) is 0 Å². The number of carbonyl (C=O) groups is 1. The molecule has 0 saturated carbocycles. The number of benzene rings is 1. The van der Waals surface area contributed by atoms with E-state index in [0.29, 0.717) is 24.3 Å². The van der Waals surface area contributed by atoms with Gasteiger partial charge in [-0.1, -0.05) is 0 Å². The number of hydrogen-bond acceptors (Lipinski definition) is 4. The van der Waals surface area contributed by atoms with Crippen LogP contribution < -0.4 is 9.80 Å². The summed E-state index contributed by atoms with van der Waals surface area (Å²) in [6.45, 7) is 8.51. The molecule has 2 aromatic rings. The van der Waals surface area contributed by atoms with Gasteiger partial charge in [-0.15, -0.1) is 0 Å². The molecule has 0 spiro atoms. The van der Waals surface area contributed by atoms with Gasteiger partial charge in [0.15, 0.2) is 5.78 Å². The molecule has 3 rings (SSSR count). The van der Waals surface area contributed by atoms with Crippen LogP contribution in [0.2, 0.25) is 0 Å². The summed E-state index contributed by atoms with van der Waals surface area (Å²) in [5.41, 5.74) is 4.24. The van der Waals surface area contributed by atoms with E-state index < -0.39 is 0 Å². The number of carbonyl (C=O) groups excluding carboxylic acids is 1. The first kappa shape index (κ1) is 15.5. The topological polar surface area (TPSA) is 52.2 Å². The van der Waals surface area contributed by atoms with Gasteiger partial charge in [0.1, 0.15) is 5.82 Å². The van der Waals surface area contributed by atoms with Crippen LogP contribution in [0.15, 0.2) is 18.2 Å². The summed E-state index contributed by atoms with van der Waals surface area (Å²) in [5, 5.41) is 7.24. The second kappa shape index (κ2) is 6.02. The van der Waals surface area contributed by atoms with Crippen LogP contribution in [0.4, 0.5) is 15.8 Å². The minimum atomic E-state index is -0.279. The van der Waals surface area contributed by atoms with Gasteiger partial charge in [0.25, 0.3) is 0 Å². The molecule has 0 aliphatic carbocycles. The Labute approximate surface area is 135 Å². The molecule has 23 heavy (non-hydrogen) atoms. The Kier molecular flexibility index (Phi) is 4.07. The zero-order chi connectivity index (χ0) is 16.6. The molecule has 5 nitrogen and oxygen atoms in total. The molecule has 1 fully saturated rings. The summed E-state index contributed by atoms with van der Waals surface area (Å²) in [7, 11) is 0. The number of nitrogens with one attached hydrogen (secondary N) is 1. The van der Waals surface area contributed by atoms with Crippen molar-refractivity contribution in [1.82, 2.24) is 10.2 Å². The SMILES string of the molecule is CC(=O)c1ccc(F)c(N2CCN(c3c(C)n[nH]c3C)CC2)c1. The molecule has 1 saturated heterocycles. The third kappa shape index (κ3) is 2.93. The predicted octanol–water partition coefficient (Wildman–Crippen LogP) is 2.69. The highest BCUT2D eigenvalue weighted by Crippen LogP contribution is 2.27. The molecular formula is C17H21FN4O. The van der Waals surface area contributed by atoms with Crippen LogP contribution in [0.1, 0.15) is 28.7 Å².